The van der Waals surface area contributed by atoms with Crippen molar-refractivity contribution in [2.45, 2.75) is 12.6 Å². The molecule has 0 fully saturated rings. The molecule has 264 valence electrons. The Morgan fingerprint density at radius 3 is 1.79 bits per heavy atom. The lowest BCUT2D eigenvalue weighted by atomic mass is 9.95. The number of fused-ring (bicyclic) bond motifs is 6. The third-order valence-electron chi connectivity index (χ3n) is 11.1. The molecule has 8 aromatic carbocycles. The van der Waals surface area contributed by atoms with E-state index in [4.69, 9.17) is 14.4 Å². The highest BCUT2D eigenvalue weighted by molar-refractivity contribution is 6.19. The van der Waals surface area contributed by atoms with Gasteiger partial charge < -0.3 is 8.98 Å². The molecule has 2 aromatic heterocycles. The van der Waals surface area contributed by atoms with E-state index >= 15 is 0 Å². The van der Waals surface area contributed by atoms with Crippen LogP contribution < -0.4 is 0 Å². The normalized spacial score (nSPS) is 13.4. The van der Waals surface area contributed by atoms with Crippen LogP contribution in [-0.4, -0.2) is 16.0 Å². The number of aromatic nitrogens is 1. The molecule has 0 bridgehead atoms. The number of hydrogen-bond donors (Lipinski definition) is 0. The number of para-hydroxylation sites is 2. The van der Waals surface area contributed by atoms with Crippen LogP contribution in [0.3, 0.4) is 0 Å². The number of benzene rings is 8. The zero-order valence-corrected chi connectivity index (χ0v) is 30.5. The topological polar surface area (TPSA) is 42.8 Å². The predicted molar refractivity (Wildman–Crippen MR) is 232 cm³/mol. The van der Waals surface area contributed by atoms with Gasteiger partial charge in [-0.25, -0.2) is 0 Å². The highest BCUT2D eigenvalue weighted by Crippen LogP contribution is 2.41. The summed E-state index contributed by atoms with van der Waals surface area (Å²) in [5.41, 5.74) is 15.2. The van der Waals surface area contributed by atoms with Crippen molar-refractivity contribution in [1.29, 1.82) is 0 Å². The lowest BCUT2D eigenvalue weighted by Gasteiger charge is -2.21. The van der Waals surface area contributed by atoms with E-state index in [1.54, 1.807) is 0 Å². The van der Waals surface area contributed by atoms with Crippen LogP contribution in [0.2, 0.25) is 0 Å². The van der Waals surface area contributed by atoms with Gasteiger partial charge in [0.15, 0.2) is 6.17 Å². The molecule has 10 aromatic rings. The fourth-order valence-electron chi connectivity index (χ4n) is 8.46. The minimum absolute atomic E-state index is 0.358. The number of nitrogens with zero attached hydrogens (tertiary/aromatic N) is 3. The fourth-order valence-corrected chi connectivity index (χ4v) is 8.46. The maximum Gasteiger partial charge on any atom is 0.165 e. The van der Waals surface area contributed by atoms with Gasteiger partial charge in [-0.15, -0.1) is 0 Å². The molecule has 0 atom stereocenters. The lowest BCUT2D eigenvalue weighted by molar-refractivity contribution is 0.669. The van der Waals surface area contributed by atoms with E-state index in [1.807, 2.05) is 12.1 Å². The molecule has 0 aliphatic carbocycles. The molecule has 4 heteroatoms. The summed E-state index contributed by atoms with van der Waals surface area (Å²) in [6, 6.07) is 68.7. The summed E-state index contributed by atoms with van der Waals surface area (Å²) in [6.07, 6.45) is 0.332. The van der Waals surface area contributed by atoms with Crippen LogP contribution in [0.15, 0.2) is 209 Å². The minimum atomic E-state index is -0.358. The van der Waals surface area contributed by atoms with Crippen molar-refractivity contribution >= 4 is 55.2 Å². The van der Waals surface area contributed by atoms with Crippen molar-refractivity contribution in [3.63, 3.8) is 0 Å². The molecule has 0 amide bonds. The highest BCUT2D eigenvalue weighted by Gasteiger charge is 2.22. The van der Waals surface area contributed by atoms with E-state index in [1.165, 1.54) is 27.4 Å². The summed E-state index contributed by atoms with van der Waals surface area (Å²) in [4.78, 5) is 10.5. The van der Waals surface area contributed by atoms with Gasteiger partial charge in [0.05, 0.1) is 22.5 Å². The van der Waals surface area contributed by atoms with Gasteiger partial charge in [-0.2, -0.15) is 0 Å². The van der Waals surface area contributed by atoms with Crippen molar-refractivity contribution in [3.8, 4) is 27.9 Å². The van der Waals surface area contributed by atoms with E-state index in [0.29, 0.717) is 6.42 Å². The van der Waals surface area contributed by atoms with E-state index in [9.17, 15) is 0 Å². The van der Waals surface area contributed by atoms with Crippen molar-refractivity contribution in [1.82, 2.24) is 4.57 Å². The van der Waals surface area contributed by atoms with Gasteiger partial charge in [-0.05, 0) is 93.5 Å². The first-order chi connectivity index (χ1) is 27.7. The van der Waals surface area contributed by atoms with Crippen molar-refractivity contribution in [2.75, 3.05) is 0 Å². The molecule has 0 saturated heterocycles. The summed E-state index contributed by atoms with van der Waals surface area (Å²) < 4.78 is 8.87. The van der Waals surface area contributed by atoms with Gasteiger partial charge in [-0.3, -0.25) is 9.98 Å². The van der Waals surface area contributed by atoms with Gasteiger partial charge in [0, 0.05) is 33.7 Å². The molecular weight excluding hydrogens is 683 g/mol. The Morgan fingerprint density at radius 2 is 1.04 bits per heavy atom. The van der Waals surface area contributed by atoms with Gasteiger partial charge in [0.2, 0.25) is 0 Å². The first kappa shape index (κ1) is 32.2. The Labute approximate surface area is 324 Å². The fraction of sp³-hybridized carbons (Fsp3) is 0.0385. The molecule has 0 spiro atoms. The number of furan rings is 1. The van der Waals surface area contributed by atoms with Crippen molar-refractivity contribution < 1.29 is 4.42 Å². The van der Waals surface area contributed by atoms with Gasteiger partial charge in [-0.1, -0.05) is 140 Å². The molecule has 1 aliphatic rings. The maximum atomic E-state index is 6.51. The number of hydrogen-bond acceptors (Lipinski definition) is 3. The van der Waals surface area contributed by atoms with Gasteiger partial charge in [0.1, 0.15) is 11.2 Å². The van der Waals surface area contributed by atoms with E-state index < -0.39 is 0 Å². The number of rotatable bonds is 6. The van der Waals surface area contributed by atoms with Gasteiger partial charge in [0.25, 0.3) is 0 Å². The van der Waals surface area contributed by atoms with Gasteiger partial charge >= 0.3 is 0 Å². The largest absolute Gasteiger partial charge is 0.456 e. The molecule has 0 radical (unpaired) electrons. The molecule has 0 saturated carbocycles. The van der Waals surface area contributed by atoms with Crippen LogP contribution in [0.1, 0.15) is 29.3 Å². The Morgan fingerprint density at radius 1 is 0.429 bits per heavy atom. The van der Waals surface area contributed by atoms with Crippen LogP contribution in [0.25, 0.3) is 71.7 Å². The summed E-state index contributed by atoms with van der Waals surface area (Å²) >= 11 is 0. The zero-order valence-electron chi connectivity index (χ0n) is 30.5. The molecule has 11 rings (SSSR count). The molecule has 1 aliphatic heterocycles. The lowest BCUT2D eigenvalue weighted by Crippen LogP contribution is -2.18. The predicted octanol–water partition coefficient (Wildman–Crippen LogP) is 13.4. The monoisotopic (exact) mass is 717 g/mol. The first-order valence-corrected chi connectivity index (χ1v) is 19.1. The molecule has 4 nitrogen and oxygen atoms in total. The second-order valence-electron chi connectivity index (χ2n) is 14.5. The van der Waals surface area contributed by atoms with E-state index in [2.05, 4.69) is 187 Å². The molecule has 0 N–H and O–H groups in total. The van der Waals surface area contributed by atoms with Crippen LogP contribution >= 0.6 is 0 Å². The van der Waals surface area contributed by atoms with Crippen LogP contribution in [0.5, 0.6) is 0 Å². The summed E-state index contributed by atoms with van der Waals surface area (Å²) in [5, 5.41) is 4.67. The zero-order chi connectivity index (χ0) is 37.0. The summed E-state index contributed by atoms with van der Waals surface area (Å²) in [6.45, 7) is 0. The highest BCUT2D eigenvalue weighted by atomic mass is 16.3. The SMILES string of the molecule is c1ccc(C2=NC(c3cccc(-c4cccc5oc6ccc(-c7ccc8c(c7)c7ccccc7n8-c7ccccc7)cc6c45)c3)N=C(c3ccccc3)C2)cc1. The second kappa shape index (κ2) is 13.2. The molecule has 0 unspecified atom stereocenters. The van der Waals surface area contributed by atoms with E-state index in [0.717, 1.165) is 72.4 Å². The Kier molecular flexibility index (Phi) is 7.59. The number of aliphatic imine (C=N–C) groups is 2. The molecule has 56 heavy (non-hydrogen) atoms. The van der Waals surface area contributed by atoms with Crippen molar-refractivity contribution in [2.24, 2.45) is 9.98 Å². The Hall–Kier alpha value is -7.30. The second-order valence-corrected chi connectivity index (χ2v) is 14.5. The standard InChI is InChI=1S/C52H35N3O/c1-4-14-34(15-5-1)45-33-46(35-16-6-2-7-17-35)54-52(53-45)39-19-12-18-38(30-39)41-23-13-25-50-51(41)44-32-37(27-29-49(44)56-50)36-26-28-48-43(31-36)42-22-10-11-24-47(42)55(48)40-20-8-3-9-21-40/h1-32,52H,33H2. The minimum Gasteiger partial charge on any atom is -0.456 e. The van der Waals surface area contributed by atoms with E-state index in [-0.39, 0.29) is 6.17 Å². The summed E-state index contributed by atoms with van der Waals surface area (Å²) in [5.74, 6) is 0. The van der Waals surface area contributed by atoms with Crippen molar-refractivity contribution in [3.05, 3.63) is 211 Å². The third kappa shape index (κ3) is 5.46. The smallest absolute Gasteiger partial charge is 0.165 e. The van der Waals surface area contributed by atoms with Crippen LogP contribution in [0, 0.1) is 0 Å². The van der Waals surface area contributed by atoms with Crippen LogP contribution in [-0.2, 0) is 0 Å². The summed E-state index contributed by atoms with van der Waals surface area (Å²) in [7, 11) is 0. The van der Waals surface area contributed by atoms with Crippen LogP contribution in [0.4, 0.5) is 0 Å². The molecule has 3 heterocycles. The Balaban J connectivity index is 1.02. The first-order valence-electron chi connectivity index (χ1n) is 19.1. The quantitative estimate of drug-likeness (QED) is 0.169. The Bertz CT molecular complexity index is 3100. The maximum absolute atomic E-state index is 6.51. The molecular formula is C52H35N3O. The average Bonchev–Trinajstić information content (AvgIpc) is 3.82. The third-order valence-corrected chi connectivity index (χ3v) is 11.1. The average molecular weight is 718 g/mol.